The van der Waals surface area contributed by atoms with Crippen LogP contribution in [0.2, 0.25) is 0 Å². The fraction of sp³-hybridized carbons (Fsp3) is 0.474. The second-order valence-electron chi connectivity index (χ2n) is 5.79. The van der Waals surface area contributed by atoms with Crippen molar-refractivity contribution in [3.8, 4) is 10.7 Å². The van der Waals surface area contributed by atoms with Crippen molar-refractivity contribution in [2.75, 3.05) is 5.75 Å². The van der Waals surface area contributed by atoms with Crippen LogP contribution in [-0.4, -0.2) is 19.9 Å². The first kappa shape index (κ1) is 22.5. The summed E-state index contributed by atoms with van der Waals surface area (Å²) < 4.78 is 42.4. The van der Waals surface area contributed by atoms with Crippen LogP contribution in [-0.2, 0) is 19.8 Å². The van der Waals surface area contributed by atoms with Gasteiger partial charge in [-0.3, -0.25) is 4.79 Å². The summed E-state index contributed by atoms with van der Waals surface area (Å²) in [5.41, 5.74) is -1.37. The lowest BCUT2D eigenvalue weighted by Gasteiger charge is -2.13. The van der Waals surface area contributed by atoms with Gasteiger partial charge in [0.05, 0.1) is 10.4 Å². The minimum atomic E-state index is -4.61. The first-order chi connectivity index (χ1) is 13.2. The van der Waals surface area contributed by atoms with Gasteiger partial charge in [-0.25, -0.2) is 4.98 Å². The predicted octanol–water partition coefficient (Wildman–Crippen LogP) is 5.95. The van der Waals surface area contributed by atoms with Gasteiger partial charge in [0.25, 0.3) is 5.56 Å². The number of imidazole rings is 1. The molecule has 28 heavy (non-hydrogen) atoms. The number of hydrogen-bond donors (Lipinski definition) is 0. The predicted molar refractivity (Wildman–Crippen MR) is 111 cm³/mol. The SMILES string of the molecule is CC.CCSc1cc(C)sc1-c1nc2cc(C(F)(F)F)n(CC)c(=O)c2n1C. The maximum atomic E-state index is 13.3. The number of pyridine rings is 1. The average Bonchev–Trinajstić information content (AvgIpc) is 3.16. The van der Waals surface area contributed by atoms with Gasteiger partial charge >= 0.3 is 6.18 Å². The number of alkyl halides is 3. The number of nitrogens with zero attached hydrogens (tertiary/aromatic N) is 3. The zero-order chi connectivity index (χ0) is 21.2. The number of fused-ring (bicyclic) bond motifs is 1. The van der Waals surface area contributed by atoms with Gasteiger partial charge in [-0.05, 0) is 31.7 Å². The van der Waals surface area contributed by atoms with Crippen LogP contribution in [0.25, 0.3) is 21.7 Å². The van der Waals surface area contributed by atoms with E-state index < -0.39 is 17.4 Å². The van der Waals surface area contributed by atoms with Crippen LogP contribution in [0.4, 0.5) is 13.2 Å². The molecule has 0 aliphatic rings. The van der Waals surface area contributed by atoms with Crippen molar-refractivity contribution in [3.63, 3.8) is 0 Å². The molecule has 3 aromatic heterocycles. The molecule has 4 nitrogen and oxygen atoms in total. The summed E-state index contributed by atoms with van der Waals surface area (Å²) >= 11 is 3.18. The number of halogens is 3. The van der Waals surface area contributed by atoms with Gasteiger partial charge in [0.15, 0.2) is 5.82 Å². The molecule has 0 atom stereocenters. The van der Waals surface area contributed by atoms with Crippen LogP contribution in [0.1, 0.15) is 38.3 Å². The van der Waals surface area contributed by atoms with E-state index >= 15 is 0 Å². The summed E-state index contributed by atoms with van der Waals surface area (Å²) in [6.45, 7) is 9.48. The molecule has 3 aromatic rings. The largest absolute Gasteiger partial charge is 0.431 e. The Kier molecular flexibility index (Phi) is 7.03. The second-order valence-corrected chi connectivity index (χ2v) is 8.35. The molecule has 0 aromatic carbocycles. The van der Waals surface area contributed by atoms with Gasteiger partial charge in [0.2, 0.25) is 0 Å². The highest BCUT2D eigenvalue weighted by atomic mass is 32.2. The molecule has 9 heteroatoms. The number of aromatic nitrogens is 3. The lowest BCUT2D eigenvalue weighted by molar-refractivity contribution is -0.144. The van der Waals surface area contributed by atoms with Crippen LogP contribution in [0.15, 0.2) is 21.8 Å². The zero-order valence-corrected chi connectivity index (χ0v) is 18.4. The fourth-order valence-electron chi connectivity index (χ4n) is 2.98. The number of rotatable bonds is 4. The topological polar surface area (TPSA) is 39.8 Å². The van der Waals surface area contributed by atoms with Crippen molar-refractivity contribution in [2.45, 2.75) is 52.2 Å². The first-order valence-corrected chi connectivity index (χ1v) is 10.9. The summed E-state index contributed by atoms with van der Waals surface area (Å²) in [5.74, 6) is 1.39. The number of thiophene rings is 1. The minimum absolute atomic E-state index is 0.0564. The van der Waals surface area contributed by atoms with E-state index in [9.17, 15) is 18.0 Å². The molecule has 0 saturated heterocycles. The highest BCUT2D eigenvalue weighted by Gasteiger charge is 2.35. The molecule has 0 amide bonds. The Morgan fingerprint density at radius 2 is 1.86 bits per heavy atom. The van der Waals surface area contributed by atoms with Crippen molar-refractivity contribution < 1.29 is 13.2 Å². The van der Waals surface area contributed by atoms with Gasteiger partial charge in [0.1, 0.15) is 11.2 Å². The Labute approximate surface area is 170 Å². The molecule has 0 unspecified atom stereocenters. The molecule has 3 rings (SSSR count). The van der Waals surface area contributed by atoms with Gasteiger partial charge < -0.3 is 9.13 Å². The van der Waals surface area contributed by atoms with E-state index in [0.29, 0.717) is 5.82 Å². The van der Waals surface area contributed by atoms with Gasteiger partial charge in [0, 0.05) is 23.4 Å². The van der Waals surface area contributed by atoms with Gasteiger partial charge in [-0.1, -0.05) is 20.8 Å². The monoisotopic (exact) mass is 431 g/mol. The van der Waals surface area contributed by atoms with E-state index in [1.165, 1.54) is 18.3 Å². The van der Waals surface area contributed by atoms with Crippen LogP contribution in [0.3, 0.4) is 0 Å². The molecule has 0 spiro atoms. The number of hydrogen-bond acceptors (Lipinski definition) is 4. The molecule has 0 N–H and O–H groups in total. The Morgan fingerprint density at radius 1 is 1.21 bits per heavy atom. The van der Waals surface area contributed by atoms with Gasteiger partial charge in [-0.2, -0.15) is 13.2 Å². The fourth-order valence-corrected chi connectivity index (χ4v) is 5.08. The summed E-state index contributed by atoms with van der Waals surface area (Å²) in [6.07, 6.45) is -4.61. The van der Waals surface area contributed by atoms with Gasteiger partial charge in [-0.15, -0.1) is 23.1 Å². The molecule has 0 bridgehead atoms. The maximum Gasteiger partial charge on any atom is 0.431 e. The number of thioether (sulfide) groups is 1. The van der Waals surface area contributed by atoms with Crippen LogP contribution < -0.4 is 5.56 Å². The average molecular weight is 432 g/mol. The van der Waals surface area contributed by atoms with Crippen molar-refractivity contribution >= 4 is 34.1 Å². The molecule has 0 saturated carbocycles. The lowest BCUT2D eigenvalue weighted by atomic mass is 10.3. The minimum Gasteiger partial charge on any atom is -0.322 e. The third-order valence-electron chi connectivity index (χ3n) is 4.06. The normalized spacial score (nSPS) is 11.6. The molecule has 0 radical (unpaired) electrons. The Balaban J connectivity index is 0.00000136. The molecule has 0 aliphatic heterocycles. The summed E-state index contributed by atoms with van der Waals surface area (Å²) in [4.78, 5) is 20.1. The van der Waals surface area contributed by atoms with Crippen molar-refractivity contribution in [2.24, 2.45) is 7.05 Å². The zero-order valence-electron chi connectivity index (χ0n) is 16.8. The summed E-state index contributed by atoms with van der Waals surface area (Å²) in [7, 11) is 1.68. The second kappa shape index (κ2) is 8.73. The van der Waals surface area contributed by atoms with Crippen LogP contribution >= 0.6 is 23.1 Å². The Bertz CT molecular complexity index is 1030. The maximum absolute atomic E-state index is 13.3. The smallest absolute Gasteiger partial charge is 0.322 e. The Hall–Kier alpha value is -1.74. The third-order valence-corrected chi connectivity index (χ3v) is 6.16. The van der Waals surface area contributed by atoms with E-state index in [-0.39, 0.29) is 17.6 Å². The van der Waals surface area contributed by atoms with Crippen LogP contribution in [0, 0.1) is 6.92 Å². The van der Waals surface area contributed by atoms with Crippen LogP contribution in [0.5, 0.6) is 0 Å². The molecule has 0 fully saturated rings. The van der Waals surface area contributed by atoms with E-state index in [4.69, 9.17) is 0 Å². The van der Waals surface area contributed by atoms with Crippen molar-refractivity contribution in [1.29, 1.82) is 0 Å². The van der Waals surface area contributed by atoms with Crippen molar-refractivity contribution in [3.05, 3.63) is 33.1 Å². The number of aryl methyl sites for hydroxylation is 2. The summed E-state index contributed by atoms with van der Waals surface area (Å²) in [5, 5.41) is 0. The third kappa shape index (κ3) is 4.00. The molecule has 0 aliphatic carbocycles. The quantitative estimate of drug-likeness (QED) is 0.479. The van der Waals surface area contributed by atoms with E-state index in [0.717, 1.165) is 31.0 Å². The Morgan fingerprint density at radius 3 is 2.39 bits per heavy atom. The highest BCUT2D eigenvalue weighted by Crippen LogP contribution is 2.39. The molecule has 154 valence electrons. The summed E-state index contributed by atoms with van der Waals surface area (Å²) in [6, 6.07) is 3.01. The van der Waals surface area contributed by atoms with Crippen molar-refractivity contribution in [1.82, 2.24) is 14.1 Å². The molecular weight excluding hydrogens is 407 g/mol. The standard InChI is InChI=1S/C17H18F3N3OS2.C2H6/c1-5-23-12(17(18,19)20)8-10-13(16(23)24)22(4)15(21-10)14-11(25-6-2)7-9(3)26-14;1-2/h7-8H,5-6H2,1-4H3;1-2H3. The van der Waals surface area contributed by atoms with E-state index in [1.807, 2.05) is 33.8 Å². The highest BCUT2D eigenvalue weighted by molar-refractivity contribution is 7.99. The first-order valence-electron chi connectivity index (χ1n) is 9.10. The van der Waals surface area contributed by atoms with E-state index in [2.05, 4.69) is 4.98 Å². The van der Waals surface area contributed by atoms with E-state index in [1.54, 1.807) is 23.4 Å². The lowest BCUT2D eigenvalue weighted by Crippen LogP contribution is -2.28. The molecule has 3 heterocycles. The molecular formula is C19H24F3N3OS2.